The van der Waals surface area contributed by atoms with E-state index >= 15 is 0 Å². The smallest absolute Gasteiger partial charge is 0.196 e. The zero-order valence-electron chi connectivity index (χ0n) is 14.5. The second-order valence-electron chi connectivity index (χ2n) is 6.59. The summed E-state index contributed by atoms with van der Waals surface area (Å²) in [6, 6.07) is 14.3. The number of benzene rings is 2. The lowest BCUT2D eigenvalue weighted by molar-refractivity contribution is 0.590. The molecule has 0 aliphatic carbocycles. The van der Waals surface area contributed by atoms with Crippen LogP contribution in [0.5, 0.6) is 0 Å². The van der Waals surface area contributed by atoms with Gasteiger partial charge >= 0.3 is 0 Å². The van der Waals surface area contributed by atoms with Crippen LogP contribution in [0.15, 0.2) is 47.3 Å². The second kappa shape index (κ2) is 8.43. The molecule has 0 N–H and O–H groups in total. The van der Waals surface area contributed by atoms with Gasteiger partial charge in [-0.15, -0.1) is 11.3 Å². The minimum Gasteiger partial charge on any atom is -0.288 e. The first-order chi connectivity index (χ1) is 11.8. The molecule has 0 radical (unpaired) electrons. The van der Waals surface area contributed by atoms with Crippen LogP contribution in [0, 0.1) is 0 Å². The van der Waals surface area contributed by atoms with Crippen LogP contribution >= 0.6 is 11.3 Å². The first-order valence-electron chi connectivity index (χ1n) is 9.24. The van der Waals surface area contributed by atoms with Gasteiger partial charge in [0.1, 0.15) is 0 Å². The van der Waals surface area contributed by atoms with E-state index in [0.29, 0.717) is 0 Å². The van der Waals surface area contributed by atoms with Gasteiger partial charge in [0, 0.05) is 20.2 Å². The summed E-state index contributed by atoms with van der Waals surface area (Å²) in [5, 5.41) is 1.81. The maximum atomic E-state index is 12.9. The Morgan fingerprint density at radius 2 is 1.50 bits per heavy atom. The summed E-state index contributed by atoms with van der Waals surface area (Å²) < 4.78 is 2.21. The summed E-state index contributed by atoms with van der Waals surface area (Å²) in [5.41, 5.74) is 1.44. The number of rotatable bonds is 8. The summed E-state index contributed by atoms with van der Waals surface area (Å²) in [4.78, 5) is 12.9. The summed E-state index contributed by atoms with van der Waals surface area (Å²) in [6.45, 7) is 2.26. The van der Waals surface area contributed by atoms with E-state index in [9.17, 15) is 4.79 Å². The minimum atomic E-state index is 0.206. The summed E-state index contributed by atoms with van der Waals surface area (Å²) in [7, 11) is 0. The molecule has 1 aromatic heterocycles. The Morgan fingerprint density at radius 1 is 0.792 bits per heavy atom. The van der Waals surface area contributed by atoms with Crippen LogP contribution in [0.1, 0.15) is 57.4 Å². The molecule has 3 aromatic rings. The lowest BCUT2D eigenvalue weighted by atomic mass is 10.0. The van der Waals surface area contributed by atoms with E-state index in [1.54, 1.807) is 11.3 Å². The van der Waals surface area contributed by atoms with Gasteiger partial charge in [0.25, 0.3) is 0 Å². The van der Waals surface area contributed by atoms with Crippen LogP contribution < -0.4 is 5.43 Å². The molecule has 2 aromatic carbocycles. The Labute approximate surface area is 148 Å². The first kappa shape index (κ1) is 17.2. The number of unbranched alkanes of at least 4 members (excludes halogenated alkanes) is 6. The van der Waals surface area contributed by atoms with E-state index in [4.69, 9.17) is 0 Å². The second-order valence-corrected chi connectivity index (χ2v) is 7.67. The molecule has 126 valence electrons. The van der Waals surface area contributed by atoms with Crippen LogP contribution in [0.3, 0.4) is 0 Å². The molecule has 0 saturated carbocycles. The molecular formula is C22H26OS. The van der Waals surface area contributed by atoms with E-state index in [-0.39, 0.29) is 5.43 Å². The Morgan fingerprint density at radius 3 is 2.33 bits per heavy atom. The van der Waals surface area contributed by atoms with Crippen LogP contribution in [0.25, 0.3) is 20.2 Å². The highest BCUT2D eigenvalue weighted by Gasteiger charge is 2.09. The van der Waals surface area contributed by atoms with Crippen molar-refractivity contribution in [2.24, 2.45) is 0 Å². The number of hydrogen-bond donors (Lipinski definition) is 0. The van der Waals surface area contributed by atoms with Gasteiger partial charge in [0.05, 0.1) is 0 Å². The van der Waals surface area contributed by atoms with E-state index in [1.807, 2.05) is 24.3 Å². The Balaban J connectivity index is 1.76. The SMILES string of the molecule is CCCCCCCCCc1cccc2sc3ccccc3c(=O)c12. The third-order valence-electron chi connectivity index (χ3n) is 4.74. The van der Waals surface area contributed by atoms with Crippen molar-refractivity contribution in [1.82, 2.24) is 0 Å². The normalized spacial score (nSPS) is 11.4. The topological polar surface area (TPSA) is 17.1 Å². The molecule has 1 heterocycles. The lowest BCUT2D eigenvalue weighted by Gasteiger charge is -2.07. The highest BCUT2D eigenvalue weighted by Crippen LogP contribution is 2.27. The molecule has 24 heavy (non-hydrogen) atoms. The van der Waals surface area contributed by atoms with Crippen molar-refractivity contribution in [3.8, 4) is 0 Å². The zero-order valence-corrected chi connectivity index (χ0v) is 15.3. The first-order valence-corrected chi connectivity index (χ1v) is 10.1. The lowest BCUT2D eigenvalue weighted by Crippen LogP contribution is -2.04. The third kappa shape index (κ3) is 3.87. The fraction of sp³-hybridized carbons (Fsp3) is 0.409. The molecule has 1 nitrogen and oxygen atoms in total. The van der Waals surface area contributed by atoms with Crippen LogP contribution in [0.2, 0.25) is 0 Å². The molecule has 0 saturated heterocycles. The van der Waals surface area contributed by atoms with Crippen LogP contribution in [-0.2, 0) is 6.42 Å². The molecule has 0 bridgehead atoms. The van der Waals surface area contributed by atoms with Gasteiger partial charge in [-0.3, -0.25) is 4.79 Å². The van der Waals surface area contributed by atoms with Crippen molar-refractivity contribution in [3.63, 3.8) is 0 Å². The highest BCUT2D eigenvalue weighted by molar-refractivity contribution is 7.24. The molecule has 2 heteroatoms. The zero-order chi connectivity index (χ0) is 16.8. The summed E-state index contributed by atoms with van der Waals surface area (Å²) in [5.74, 6) is 0. The maximum Gasteiger partial charge on any atom is 0.196 e. The molecule has 0 atom stereocenters. The van der Waals surface area contributed by atoms with Crippen LogP contribution in [0.4, 0.5) is 0 Å². The molecule has 0 unspecified atom stereocenters. The van der Waals surface area contributed by atoms with Gasteiger partial charge in [-0.1, -0.05) is 69.7 Å². The van der Waals surface area contributed by atoms with Crippen molar-refractivity contribution in [1.29, 1.82) is 0 Å². The minimum absolute atomic E-state index is 0.206. The van der Waals surface area contributed by atoms with Gasteiger partial charge in [0.15, 0.2) is 5.43 Å². The summed E-state index contributed by atoms with van der Waals surface area (Å²) in [6.07, 6.45) is 10.2. The number of fused-ring (bicyclic) bond motifs is 2. The Hall–Kier alpha value is -1.67. The van der Waals surface area contributed by atoms with Crippen molar-refractivity contribution >= 4 is 31.5 Å². The molecule has 0 aliphatic rings. The van der Waals surface area contributed by atoms with Crippen molar-refractivity contribution < 1.29 is 0 Å². The van der Waals surface area contributed by atoms with E-state index in [1.165, 1.54) is 50.5 Å². The average Bonchev–Trinajstić information content (AvgIpc) is 2.61. The quantitative estimate of drug-likeness (QED) is 0.329. The van der Waals surface area contributed by atoms with Gasteiger partial charge in [-0.2, -0.15) is 0 Å². The largest absolute Gasteiger partial charge is 0.288 e. The fourth-order valence-electron chi connectivity index (χ4n) is 3.40. The average molecular weight is 339 g/mol. The predicted molar refractivity (Wildman–Crippen MR) is 107 cm³/mol. The molecule has 0 aliphatic heterocycles. The highest BCUT2D eigenvalue weighted by atomic mass is 32.1. The number of hydrogen-bond acceptors (Lipinski definition) is 2. The number of aryl methyl sites for hydroxylation is 1. The van der Waals surface area contributed by atoms with Crippen LogP contribution in [-0.4, -0.2) is 0 Å². The Kier molecular flexibility index (Phi) is 6.03. The molecule has 3 rings (SSSR count). The molecular weight excluding hydrogens is 312 g/mol. The van der Waals surface area contributed by atoms with Crippen molar-refractivity contribution in [2.75, 3.05) is 0 Å². The van der Waals surface area contributed by atoms with Gasteiger partial charge in [-0.05, 0) is 36.6 Å². The fourth-order valence-corrected chi connectivity index (χ4v) is 4.52. The molecule has 0 fully saturated rings. The molecule has 0 spiro atoms. The molecule has 0 amide bonds. The third-order valence-corrected chi connectivity index (χ3v) is 5.88. The van der Waals surface area contributed by atoms with Crippen molar-refractivity contribution in [3.05, 3.63) is 58.3 Å². The van der Waals surface area contributed by atoms with E-state index < -0.39 is 0 Å². The van der Waals surface area contributed by atoms with Gasteiger partial charge in [-0.25, -0.2) is 0 Å². The standard InChI is InChI=1S/C22H26OS/c1-2-3-4-5-6-7-8-12-17-13-11-16-20-21(17)22(23)18-14-9-10-15-19(18)24-20/h9-11,13-16H,2-8,12H2,1H3. The Bertz CT molecular complexity index is 863. The monoisotopic (exact) mass is 338 g/mol. The van der Waals surface area contributed by atoms with Gasteiger partial charge < -0.3 is 0 Å². The summed E-state index contributed by atoms with van der Waals surface area (Å²) >= 11 is 1.73. The van der Waals surface area contributed by atoms with Gasteiger partial charge in [0.2, 0.25) is 0 Å². The predicted octanol–water partition coefficient (Wildman–Crippen LogP) is 6.71. The van der Waals surface area contributed by atoms with E-state index in [0.717, 1.165) is 26.6 Å². The van der Waals surface area contributed by atoms with E-state index in [2.05, 4.69) is 25.1 Å². The maximum absolute atomic E-state index is 12.9. The van der Waals surface area contributed by atoms with Crippen molar-refractivity contribution in [2.45, 2.75) is 58.3 Å².